The first-order chi connectivity index (χ1) is 19.5. The minimum atomic E-state index is -0.989. The minimum absolute atomic E-state index is 0.0913. The van der Waals surface area contributed by atoms with Crippen LogP contribution in [-0.4, -0.2) is 74.0 Å². The standard InChI is InChI=1S/C29H38N6O6/c1-4-15(2)23(31-16(3)36)26(38)32-21-9-8-17-6-5-7-18-12-22(35(24(17)18)27(21)39)25(37)33-29(14-20(29)28(40)41)13-19-10-11-30-34-19/h5-7,10-11,15-16,20-23,31,36H,4,8-9,12-14H2,1-3H3,(H,30,34)(H,32,38)(H,33,37)(H,40,41)/t15-,16?,20?,21?,22-,23-,29?/m0/s1. The molecule has 0 saturated heterocycles. The van der Waals surface area contributed by atoms with Gasteiger partial charge in [-0.3, -0.25) is 34.5 Å². The van der Waals surface area contributed by atoms with E-state index in [0.29, 0.717) is 37.1 Å². The summed E-state index contributed by atoms with van der Waals surface area (Å²) >= 11 is 0. The molecule has 1 aromatic heterocycles. The summed E-state index contributed by atoms with van der Waals surface area (Å²) in [5.74, 6) is -3.02. The smallest absolute Gasteiger partial charge is 0.308 e. The molecule has 5 rings (SSSR count). The zero-order valence-corrected chi connectivity index (χ0v) is 23.5. The molecular weight excluding hydrogens is 528 g/mol. The van der Waals surface area contributed by atoms with Gasteiger partial charge in [-0.05, 0) is 49.3 Å². The van der Waals surface area contributed by atoms with E-state index in [4.69, 9.17) is 0 Å². The van der Waals surface area contributed by atoms with E-state index in [-0.39, 0.29) is 30.6 Å². The van der Waals surface area contributed by atoms with E-state index in [1.165, 1.54) is 4.90 Å². The summed E-state index contributed by atoms with van der Waals surface area (Å²) in [5.41, 5.74) is 2.21. The van der Waals surface area contributed by atoms with Crippen LogP contribution in [0.25, 0.3) is 0 Å². The number of aliphatic hydroxyl groups is 1. The third-order valence-electron chi connectivity index (χ3n) is 8.75. The molecule has 0 spiro atoms. The monoisotopic (exact) mass is 566 g/mol. The number of carboxylic acid groups (broad SMARTS) is 1. The topological polar surface area (TPSA) is 177 Å². The summed E-state index contributed by atoms with van der Waals surface area (Å²) in [6, 6.07) is 5.03. The molecule has 0 radical (unpaired) electrons. The molecule has 2 aromatic rings. The zero-order chi connectivity index (χ0) is 29.5. The summed E-state index contributed by atoms with van der Waals surface area (Å²) in [6.45, 7) is 5.39. The van der Waals surface area contributed by atoms with Gasteiger partial charge in [-0.2, -0.15) is 5.10 Å². The quantitative estimate of drug-likeness (QED) is 0.215. The molecule has 3 aliphatic rings. The highest BCUT2D eigenvalue weighted by Crippen LogP contribution is 2.47. The maximum Gasteiger partial charge on any atom is 0.308 e. The van der Waals surface area contributed by atoms with Gasteiger partial charge in [-0.1, -0.05) is 38.5 Å². The first-order valence-electron chi connectivity index (χ1n) is 14.3. The maximum atomic E-state index is 14.1. The second-order valence-corrected chi connectivity index (χ2v) is 11.7. The van der Waals surface area contributed by atoms with Crippen LogP contribution in [0.4, 0.5) is 5.69 Å². The van der Waals surface area contributed by atoms with Crippen LogP contribution in [0.5, 0.6) is 0 Å². The second-order valence-electron chi connectivity index (χ2n) is 11.7. The Labute approximate surface area is 238 Å². The first kappa shape index (κ1) is 28.7. The number of aliphatic carboxylic acids is 1. The van der Waals surface area contributed by atoms with E-state index >= 15 is 0 Å². The van der Waals surface area contributed by atoms with Crippen LogP contribution in [0, 0.1) is 11.8 Å². The highest BCUT2D eigenvalue weighted by molar-refractivity contribution is 6.08. The number of anilines is 1. The molecule has 1 aliphatic carbocycles. The number of hydrogen-bond acceptors (Lipinski definition) is 7. The molecule has 3 heterocycles. The number of nitrogens with one attached hydrogen (secondary N) is 4. The van der Waals surface area contributed by atoms with Crippen LogP contribution < -0.4 is 20.9 Å². The molecule has 12 heteroatoms. The van der Waals surface area contributed by atoms with Gasteiger partial charge in [0.2, 0.25) is 17.7 Å². The van der Waals surface area contributed by atoms with Crippen molar-refractivity contribution in [2.24, 2.45) is 11.8 Å². The Morgan fingerprint density at radius 1 is 1.22 bits per heavy atom. The van der Waals surface area contributed by atoms with E-state index in [2.05, 4.69) is 26.1 Å². The molecule has 3 amide bonds. The lowest BCUT2D eigenvalue weighted by molar-refractivity contribution is -0.139. The zero-order valence-electron chi connectivity index (χ0n) is 23.5. The molecule has 12 nitrogen and oxygen atoms in total. The number of para-hydroxylation sites is 1. The van der Waals surface area contributed by atoms with Crippen molar-refractivity contribution in [3.05, 3.63) is 47.3 Å². The van der Waals surface area contributed by atoms with Crippen molar-refractivity contribution in [3.63, 3.8) is 0 Å². The lowest BCUT2D eigenvalue weighted by Crippen LogP contribution is -2.59. The molecule has 220 valence electrons. The number of nitrogens with zero attached hydrogens (tertiary/aromatic N) is 2. The fourth-order valence-corrected chi connectivity index (χ4v) is 6.29. The van der Waals surface area contributed by atoms with Crippen molar-refractivity contribution in [2.45, 2.75) is 89.2 Å². The molecule has 1 fully saturated rings. The number of aromatic nitrogens is 2. The van der Waals surface area contributed by atoms with Crippen LogP contribution in [0.2, 0.25) is 0 Å². The summed E-state index contributed by atoms with van der Waals surface area (Å²) < 4.78 is 0. The largest absolute Gasteiger partial charge is 0.481 e. The number of rotatable bonds is 11. The third-order valence-corrected chi connectivity index (χ3v) is 8.75. The molecule has 1 aromatic carbocycles. The number of amides is 3. The molecule has 2 aliphatic heterocycles. The van der Waals surface area contributed by atoms with Gasteiger partial charge in [0.1, 0.15) is 18.3 Å². The van der Waals surface area contributed by atoms with Gasteiger partial charge in [-0.15, -0.1) is 0 Å². The second kappa shape index (κ2) is 11.2. The van der Waals surface area contributed by atoms with Crippen molar-refractivity contribution in [2.75, 3.05) is 4.90 Å². The average molecular weight is 567 g/mol. The predicted octanol–water partition coefficient (Wildman–Crippen LogP) is 0.643. The van der Waals surface area contributed by atoms with Crippen molar-refractivity contribution < 1.29 is 29.4 Å². The first-order valence-corrected chi connectivity index (χ1v) is 14.3. The Morgan fingerprint density at radius 3 is 2.61 bits per heavy atom. The number of aliphatic hydroxyl groups excluding tert-OH is 1. The van der Waals surface area contributed by atoms with E-state index in [9.17, 15) is 29.4 Å². The van der Waals surface area contributed by atoms with Crippen molar-refractivity contribution in [3.8, 4) is 0 Å². The fourth-order valence-electron chi connectivity index (χ4n) is 6.29. The highest BCUT2D eigenvalue weighted by atomic mass is 16.4. The van der Waals surface area contributed by atoms with Gasteiger partial charge < -0.3 is 20.8 Å². The third kappa shape index (κ3) is 5.58. The van der Waals surface area contributed by atoms with E-state index < -0.39 is 47.7 Å². The van der Waals surface area contributed by atoms with Crippen LogP contribution in [0.3, 0.4) is 0 Å². The van der Waals surface area contributed by atoms with E-state index in [1.807, 2.05) is 32.0 Å². The molecule has 41 heavy (non-hydrogen) atoms. The van der Waals surface area contributed by atoms with Crippen LogP contribution >= 0.6 is 0 Å². The Balaban J connectivity index is 1.40. The molecule has 4 unspecified atom stereocenters. The molecule has 7 atom stereocenters. The number of benzene rings is 1. The predicted molar refractivity (Wildman–Crippen MR) is 149 cm³/mol. The van der Waals surface area contributed by atoms with Crippen LogP contribution in [0.1, 0.15) is 56.9 Å². The number of hydrogen-bond donors (Lipinski definition) is 6. The summed E-state index contributed by atoms with van der Waals surface area (Å²) in [4.78, 5) is 54.7. The number of carboxylic acids is 1. The SMILES string of the molecule is CC[C@H](C)[C@H](NC(C)O)C(=O)NC1CCc2cccc3c2N(C1=O)[C@H](C(=O)NC1(Cc2ccn[nH]2)CC1C(=O)O)C3. The summed E-state index contributed by atoms with van der Waals surface area (Å²) in [6.07, 6.45) is 3.10. The Morgan fingerprint density at radius 2 is 1.98 bits per heavy atom. The lowest BCUT2D eigenvalue weighted by atomic mass is 9.97. The lowest BCUT2D eigenvalue weighted by Gasteiger charge is -2.31. The van der Waals surface area contributed by atoms with Gasteiger partial charge in [0.05, 0.1) is 23.2 Å². The number of aromatic amines is 1. The molecule has 1 saturated carbocycles. The fraction of sp³-hybridized carbons (Fsp3) is 0.552. The normalized spacial score (nSPS) is 26.9. The minimum Gasteiger partial charge on any atom is -0.481 e. The van der Waals surface area contributed by atoms with Crippen LogP contribution in [0.15, 0.2) is 30.5 Å². The number of aryl methyl sites for hydroxylation is 1. The van der Waals surface area contributed by atoms with Crippen molar-refractivity contribution >= 4 is 29.4 Å². The Kier molecular flexibility index (Phi) is 7.89. The summed E-state index contributed by atoms with van der Waals surface area (Å²) in [5, 5.41) is 35.2. The summed E-state index contributed by atoms with van der Waals surface area (Å²) in [7, 11) is 0. The van der Waals surface area contributed by atoms with Gasteiger partial charge >= 0.3 is 5.97 Å². The van der Waals surface area contributed by atoms with Gasteiger partial charge in [0.25, 0.3) is 0 Å². The van der Waals surface area contributed by atoms with Crippen molar-refractivity contribution in [1.29, 1.82) is 0 Å². The van der Waals surface area contributed by atoms with Crippen molar-refractivity contribution in [1.82, 2.24) is 26.1 Å². The van der Waals surface area contributed by atoms with E-state index in [0.717, 1.165) is 11.1 Å². The average Bonchev–Trinajstić information content (AvgIpc) is 3.24. The van der Waals surface area contributed by atoms with E-state index in [1.54, 1.807) is 19.2 Å². The number of carbonyl (C=O) groups excluding carboxylic acids is 3. The molecular formula is C29H38N6O6. The Bertz CT molecular complexity index is 1330. The number of H-pyrrole nitrogens is 1. The maximum absolute atomic E-state index is 14.1. The Hall–Kier alpha value is -3.77. The van der Waals surface area contributed by atoms with Crippen LogP contribution in [-0.2, 0) is 38.4 Å². The highest BCUT2D eigenvalue weighted by Gasteiger charge is 2.60. The number of carbonyl (C=O) groups is 4. The molecule has 0 bridgehead atoms. The van der Waals surface area contributed by atoms with Gasteiger partial charge in [0.15, 0.2) is 0 Å². The van der Waals surface area contributed by atoms with Gasteiger partial charge in [-0.25, -0.2) is 0 Å². The van der Waals surface area contributed by atoms with Gasteiger partial charge in [0, 0.05) is 24.7 Å². The molecule has 6 N–H and O–H groups in total.